The summed E-state index contributed by atoms with van der Waals surface area (Å²) in [5.74, 6) is -0.762. The normalized spacial score (nSPS) is 14.2. The van der Waals surface area contributed by atoms with Gasteiger partial charge in [-0.2, -0.15) is 0 Å². The molecule has 0 saturated heterocycles. The Hall–Kier alpha value is -1.35. The first kappa shape index (κ1) is 14.7. The van der Waals surface area contributed by atoms with Gasteiger partial charge < -0.3 is 5.11 Å². The van der Waals surface area contributed by atoms with E-state index in [-0.39, 0.29) is 6.04 Å². The van der Waals surface area contributed by atoms with E-state index in [0.29, 0.717) is 6.42 Å². The largest absolute Gasteiger partial charge is 0.480 e. The SMILES string of the molecule is CCCCC(N[C@@H](C)c1ccc(C)cc1)C(=O)O. The fourth-order valence-electron chi connectivity index (χ4n) is 1.94. The summed E-state index contributed by atoms with van der Waals surface area (Å²) in [6, 6.07) is 7.80. The summed E-state index contributed by atoms with van der Waals surface area (Å²) in [7, 11) is 0. The first-order chi connectivity index (χ1) is 8.54. The second-order valence-electron chi connectivity index (χ2n) is 4.83. The molecule has 1 aromatic rings. The number of rotatable bonds is 7. The Morgan fingerprint density at radius 3 is 2.44 bits per heavy atom. The average molecular weight is 249 g/mol. The van der Waals surface area contributed by atoms with E-state index in [9.17, 15) is 9.90 Å². The van der Waals surface area contributed by atoms with Crippen LogP contribution in [0.15, 0.2) is 24.3 Å². The van der Waals surface area contributed by atoms with Crippen molar-refractivity contribution in [3.8, 4) is 0 Å². The number of aliphatic carboxylic acids is 1. The van der Waals surface area contributed by atoms with Crippen molar-refractivity contribution in [1.29, 1.82) is 0 Å². The van der Waals surface area contributed by atoms with E-state index in [1.165, 1.54) is 5.56 Å². The maximum absolute atomic E-state index is 11.2. The van der Waals surface area contributed by atoms with E-state index in [0.717, 1.165) is 18.4 Å². The molecule has 2 atom stereocenters. The lowest BCUT2D eigenvalue weighted by molar-refractivity contribution is -0.139. The topological polar surface area (TPSA) is 49.3 Å². The Kier molecular flexibility index (Phi) is 5.86. The van der Waals surface area contributed by atoms with Crippen molar-refractivity contribution in [2.24, 2.45) is 0 Å². The third-order valence-electron chi connectivity index (χ3n) is 3.17. The van der Waals surface area contributed by atoms with Gasteiger partial charge in [0.15, 0.2) is 0 Å². The number of hydrogen-bond acceptors (Lipinski definition) is 2. The molecule has 18 heavy (non-hydrogen) atoms. The van der Waals surface area contributed by atoms with E-state index in [1.54, 1.807) is 0 Å². The van der Waals surface area contributed by atoms with Gasteiger partial charge in [-0.3, -0.25) is 10.1 Å². The predicted octanol–water partition coefficient (Wildman–Crippen LogP) is 3.29. The number of carbonyl (C=O) groups is 1. The van der Waals surface area contributed by atoms with Gasteiger partial charge in [-0.1, -0.05) is 49.6 Å². The molecule has 100 valence electrons. The lowest BCUT2D eigenvalue weighted by Gasteiger charge is -2.20. The molecular formula is C15H23NO2. The zero-order chi connectivity index (χ0) is 13.5. The fraction of sp³-hybridized carbons (Fsp3) is 0.533. The molecule has 1 rings (SSSR count). The summed E-state index contributed by atoms with van der Waals surface area (Å²) in [6.45, 7) is 6.12. The molecule has 0 spiro atoms. The number of hydrogen-bond donors (Lipinski definition) is 2. The fourth-order valence-corrected chi connectivity index (χ4v) is 1.94. The third-order valence-corrected chi connectivity index (χ3v) is 3.17. The first-order valence-corrected chi connectivity index (χ1v) is 6.60. The van der Waals surface area contributed by atoms with E-state index < -0.39 is 12.0 Å². The molecule has 1 aromatic carbocycles. The Morgan fingerprint density at radius 2 is 1.94 bits per heavy atom. The second-order valence-corrected chi connectivity index (χ2v) is 4.83. The number of unbranched alkanes of at least 4 members (excludes halogenated alkanes) is 1. The standard InChI is InChI=1S/C15H23NO2/c1-4-5-6-14(15(17)18)16-12(3)13-9-7-11(2)8-10-13/h7-10,12,14,16H,4-6H2,1-3H3,(H,17,18)/t12-,14?/m0/s1. The lowest BCUT2D eigenvalue weighted by Crippen LogP contribution is -2.38. The summed E-state index contributed by atoms with van der Waals surface area (Å²) >= 11 is 0. The van der Waals surface area contributed by atoms with Crippen LogP contribution in [0.25, 0.3) is 0 Å². The Labute approximate surface area is 109 Å². The van der Waals surface area contributed by atoms with Crippen molar-refractivity contribution < 1.29 is 9.90 Å². The van der Waals surface area contributed by atoms with Gasteiger partial charge in [0, 0.05) is 6.04 Å². The van der Waals surface area contributed by atoms with Gasteiger partial charge in [0.25, 0.3) is 0 Å². The van der Waals surface area contributed by atoms with Crippen LogP contribution in [0.5, 0.6) is 0 Å². The molecule has 0 radical (unpaired) electrons. The van der Waals surface area contributed by atoms with Crippen LogP contribution in [0.3, 0.4) is 0 Å². The molecule has 0 heterocycles. The van der Waals surface area contributed by atoms with Crippen molar-refractivity contribution in [3.05, 3.63) is 35.4 Å². The Morgan fingerprint density at radius 1 is 1.33 bits per heavy atom. The van der Waals surface area contributed by atoms with Gasteiger partial charge in [-0.15, -0.1) is 0 Å². The minimum atomic E-state index is -0.762. The number of carboxylic acid groups (broad SMARTS) is 1. The average Bonchev–Trinajstić information content (AvgIpc) is 2.34. The van der Waals surface area contributed by atoms with E-state index in [1.807, 2.05) is 26.0 Å². The van der Waals surface area contributed by atoms with Crippen LogP contribution in [-0.2, 0) is 4.79 Å². The van der Waals surface area contributed by atoms with Crippen LogP contribution >= 0.6 is 0 Å². The molecule has 0 amide bonds. The smallest absolute Gasteiger partial charge is 0.320 e. The highest BCUT2D eigenvalue weighted by Gasteiger charge is 2.19. The molecular weight excluding hydrogens is 226 g/mol. The predicted molar refractivity (Wildman–Crippen MR) is 73.7 cm³/mol. The lowest BCUT2D eigenvalue weighted by atomic mass is 10.0. The van der Waals surface area contributed by atoms with Gasteiger partial charge in [-0.25, -0.2) is 0 Å². The van der Waals surface area contributed by atoms with Gasteiger partial charge in [0.1, 0.15) is 6.04 Å². The van der Waals surface area contributed by atoms with E-state index >= 15 is 0 Å². The van der Waals surface area contributed by atoms with Crippen LogP contribution in [0.1, 0.15) is 50.3 Å². The zero-order valence-corrected chi connectivity index (χ0v) is 11.4. The first-order valence-electron chi connectivity index (χ1n) is 6.60. The Balaban J connectivity index is 2.62. The maximum Gasteiger partial charge on any atom is 0.320 e. The van der Waals surface area contributed by atoms with Gasteiger partial charge in [0.2, 0.25) is 0 Å². The van der Waals surface area contributed by atoms with Crippen molar-refractivity contribution in [2.45, 2.75) is 52.1 Å². The molecule has 0 aliphatic heterocycles. The number of benzene rings is 1. The summed E-state index contributed by atoms with van der Waals surface area (Å²) in [4.78, 5) is 11.2. The molecule has 3 heteroatoms. The maximum atomic E-state index is 11.2. The van der Waals surface area contributed by atoms with Gasteiger partial charge in [0.05, 0.1) is 0 Å². The van der Waals surface area contributed by atoms with Gasteiger partial charge in [-0.05, 0) is 25.8 Å². The van der Waals surface area contributed by atoms with Crippen LogP contribution in [0.2, 0.25) is 0 Å². The second kappa shape index (κ2) is 7.17. The van der Waals surface area contributed by atoms with Crippen LogP contribution in [-0.4, -0.2) is 17.1 Å². The molecule has 3 nitrogen and oxygen atoms in total. The molecule has 1 unspecified atom stereocenters. The highest BCUT2D eigenvalue weighted by Crippen LogP contribution is 2.15. The number of carboxylic acids is 1. The quantitative estimate of drug-likeness (QED) is 0.779. The number of aryl methyl sites for hydroxylation is 1. The highest BCUT2D eigenvalue weighted by atomic mass is 16.4. The molecule has 2 N–H and O–H groups in total. The third kappa shape index (κ3) is 4.49. The van der Waals surface area contributed by atoms with Crippen LogP contribution in [0.4, 0.5) is 0 Å². The molecule has 0 aliphatic rings. The van der Waals surface area contributed by atoms with Crippen molar-refractivity contribution >= 4 is 5.97 Å². The molecule has 0 saturated carbocycles. The van der Waals surface area contributed by atoms with E-state index in [4.69, 9.17) is 0 Å². The van der Waals surface area contributed by atoms with Crippen LogP contribution in [0, 0.1) is 6.92 Å². The van der Waals surface area contributed by atoms with Crippen molar-refractivity contribution in [1.82, 2.24) is 5.32 Å². The summed E-state index contributed by atoms with van der Waals surface area (Å²) < 4.78 is 0. The molecule has 0 aromatic heterocycles. The van der Waals surface area contributed by atoms with Gasteiger partial charge >= 0.3 is 5.97 Å². The minimum absolute atomic E-state index is 0.0588. The summed E-state index contributed by atoms with van der Waals surface area (Å²) in [6.07, 6.45) is 2.64. The monoisotopic (exact) mass is 249 g/mol. The van der Waals surface area contributed by atoms with E-state index in [2.05, 4.69) is 24.4 Å². The summed E-state index contributed by atoms with van der Waals surface area (Å²) in [5.41, 5.74) is 2.34. The number of nitrogens with one attached hydrogen (secondary N) is 1. The van der Waals surface area contributed by atoms with Crippen LogP contribution < -0.4 is 5.32 Å². The molecule has 0 aliphatic carbocycles. The summed E-state index contributed by atoms with van der Waals surface area (Å²) in [5, 5.41) is 12.4. The zero-order valence-electron chi connectivity index (χ0n) is 11.4. The van der Waals surface area contributed by atoms with Crippen molar-refractivity contribution in [3.63, 3.8) is 0 Å². The highest BCUT2D eigenvalue weighted by molar-refractivity contribution is 5.73. The van der Waals surface area contributed by atoms with Crippen molar-refractivity contribution in [2.75, 3.05) is 0 Å². The molecule has 0 fully saturated rings. The molecule has 0 bridgehead atoms. The Bertz CT molecular complexity index is 373. The minimum Gasteiger partial charge on any atom is -0.480 e.